The summed E-state index contributed by atoms with van der Waals surface area (Å²) in [7, 11) is 0. The van der Waals surface area contributed by atoms with Gasteiger partial charge in [0.15, 0.2) is 11.0 Å². The number of anilines is 1. The predicted molar refractivity (Wildman–Crippen MR) is 131 cm³/mol. The number of aromatic nitrogens is 4. The van der Waals surface area contributed by atoms with Gasteiger partial charge in [-0.15, -0.1) is 10.2 Å². The molecule has 3 aromatic rings. The highest BCUT2D eigenvalue weighted by atomic mass is 35.5. The fraction of sp³-hybridized carbons (Fsp3) is 0.440. The molecule has 34 heavy (non-hydrogen) atoms. The third-order valence-electron chi connectivity index (χ3n) is 7.37. The number of halogens is 2. The summed E-state index contributed by atoms with van der Waals surface area (Å²) in [5.74, 6) is 1.60. The molecule has 0 radical (unpaired) electrons. The second kappa shape index (κ2) is 8.63. The molecule has 4 heterocycles. The number of pyridine rings is 1. The van der Waals surface area contributed by atoms with Gasteiger partial charge in [-0.1, -0.05) is 41.9 Å². The van der Waals surface area contributed by atoms with Crippen LogP contribution >= 0.6 is 23.2 Å². The summed E-state index contributed by atoms with van der Waals surface area (Å²) in [6.07, 6.45) is 5.10. The van der Waals surface area contributed by atoms with Crippen LogP contribution in [0.3, 0.4) is 0 Å². The van der Waals surface area contributed by atoms with E-state index < -0.39 is 0 Å². The van der Waals surface area contributed by atoms with Crippen LogP contribution in [0.1, 0.15) is 36.6 Å². The van der Waals surface area contributed by atoms with E-state index in [2.05, 4.69) is 67.2 Å². The summed E-state index contributed by atoms with van der Waals surface area (Å²) in [6.45, 7) is 5.85. The Labute approximate surface area is 209 Å². The van der Waals surface area contributed by atoms with Crippen LogP contribution in [0, 0.1) is 5.41 Å². The van der Waals surface area contributed by atoms with Gasteiger partial charge >= 0.3 is 0 Å². The van der Waals surface area contributed by atoms with Gasteiger partial charge in [0.1, 0.15) is 11.9 Å². The molecule has 1 saturated heterocycles. The van der Waals surface area contributed by atoms with Crippen molar-refractivity contribution in [2.24, 2.45) is 5.41 Å². The molecule has 1 unspecified atom stereocenters. The Morgan fingerprint density at radius 2 is 1.88 bits per heavy atom. The maximum atomic E-state index is 6.53. The quantitative estimate of drug-likeness (QED) is 0.512. The molecule has 176 valence electrons. The molecule has 2 aromatic heterocycles. The van der Waals surface area contributed by atoms with Crippen LogP contribution in [0.25, 0.3) is 0 Å². The van der Waals surface area contributed by atoms with Crippen LogP contribution in [0.15, 0.2) is 42.6 Å². The first-order valence-corrected chi connectivity index (χ1v) is 12.5. The number of hydrogen-bond acceptors (Lipinski definition) is 7. The van der Waals surface area contributed by atoms with Gasteiger partial charge in [0.25, 0.3) is 0 Å². The maximum Gasteiger partial charge on any atom is 0.245 e. The highest BCUT2D eigenvalue weighted by molar-refractivity contribution is 6.32. The first-order chi connectivity index (χ1) is 16.5. The number of rotatable bonds is 5. The fourth-order valence-corrected chi connectivity index (χ4v) is 5.91. The van der Waals surface area contributed by atoms with Crippen molar-refractivity contribution in [1.29, 1.82) is 0 Å². The van der Waals surface area contributed by atoms with Gasteiger partial charge in [-0.25, -0.2) is 0 Å². The summed E-state index contributed by atoms with van der Waals surface area (Å²) in [5.41, 5.74) is 3.99. The van der Waals surface area contributed by atoms with E-state index in [-0.39, 0.29) is 16.8 Å². The Bertz CT molecular complexity index is 1200. The molecule has 1 aromatic carbocycles. The highest BCUT2D eigenvalue weighted by Crippen LogP contribution is 2.51. The van der Waals surface area contributed by atoms with Gasteiger partial charge in [-0.2, -0.15) is 4.98 Å². The lowest BCUT2D eigenvalue weighted by Crippen LogP contribution is -2.65. The minimum absolute atomic E-state index is 0.119. The highest BCUT2D eigenvalue weighted by Gasteiger charge is 2.54. The van der Waals surface area contributed by atoms with Crippen molar-refractivity contribution in [3.8, 4) is 5.75 Å². The predicted octanol–water partition coefficient (Wildman–Crippen LogP) is 4.57. The lowest BCUT2D eigenvalue weighted by Gasteiger charge is -2.58. The van der Waals surface area contributed by atoms with Gasteiger partial charge in [0.2, 0.25) is 5.28 Å². The van der Waals surface area contributed by atoms with Crippen molar-refractivity contribution in [3.05, 3.63) is 69.9 Å². The largest absolute Gasteiger partial charge is 0.490 e. The van der Waals surface area contributed by atoms with Crippen LogP contribution in [0.4, 0.5) is 5.82 Å². The molecular formula is C25H26Cl2N6O. The van der Waals surface area contributed by atoms with Crippen LogP contribution in [-0.2, 0) is 19.5 Å². The molecular weight excluding hydrogens is 471 g/mol. The number of fused-ring (bicyclic) bond motifs is 1. The summed E-state index contributed by atoms with van der Waals surface area (Å²) in [5, 5.41) is 7.98. The number of nitrogens with zero attached hydrogens (tertiary/aromatic N) is 6. The molecule has 1 atom stereocenters. The Balaban J connectivity index is 1.10. The first kappa shape index (κ1) is 22.0. The topological polar surface area (TPSA) is 67.3 Å². The van der Waals surface area contributed by atoms with Crippen molar-refractivity contribution < 1.29 is 4.74 Å². The first-order valence-electron chi connectivity index (χ1n) is 11.7. The van der Waals surface area contributed by atoms with Gasteiger partial charge in [-0.3, -0.25) is 9.88 Å². The Morgan fingerprint density at radius 1 is 1.09 bits per heavy atom. The molecule has 0 amide bonds. The Hall–Kier alpha value is -2.48. The third kappa shape index (κ3) is 4.10. The average molecular weight is 497 g/mol. The van der Waals surface area contributed by atoms with E-state index in [1.54, 1.807) is 0 Å². The lowest BCUT2D eigenvalue weighted by molar-refractivity contribution is -0.0353. The Kier molecular flexibility index (Phi) is 5.59. The summed E-state index contributed by atoms with van der Waals surface area (Å²) >= 11 is 12.1. The molecule has 1 aliphatic carbocycles. The summed E-state index contributed by atoms with van der Waals surface area (Å²) in [6, 6.07) is 13.1. The number of benzene rings is 1. The zero-order chi connectivity index (χ0) is 23.3. The summed E-state index contributed by atoms with van der Waals surface area (Å²) < 4.78 is 6.53. The van der Waals surface area contributed by atoms with E-state index in [4.69, 9.17) is 27.9 Å². The maximum absolute atomic E-state index is 6.53. The zero-order valence-corrected chi connectivity index (χ0v) is 20.5. The van der Waals surface area contributed by atoms with Crippen molar-refractivity contribution >= 4 is 29.0 Å². The Morgan fingerprint density at radius 3 is 2.68 bits per heavy atom. The average Bonchev–Trinajstić information content (AvgIpc) is 2.78. The lowest BCUT2D eigenvalue weighted by atomic mass is 9.61. The van der Waals surface area contributed by atoms with E-state index in [1.807, 2.05) is 12.3 Å². The molecule has 6 rings (SSSR count). The fourth-order valence-electron chi connectivity index (χ4n) is 5.60. The SMILES string of the molecule is CC1Cc2nccc(OC3CC4(C3)CN(c3nc(Cl)nnc3Cl)C4)c2CN1Cc1ccccc1. The molecule has 0 N–H and O–H groups in total. The van der Waals surface area contributed by atoms with Gasteiger partial charge in [-0.05, 0) is 43.0 Å². The molecule has 1 spiro atoms. The van der Waals surface area contributed by atoms with Crippen LogP contribution in [-0.4, -0.2) is 50.3 Å². The monoisotopic (exact) mass is 496 g/mol. The van der Waals surface area contributed by atoms with Crippen molar-refractivity contribution in [3.63, 3.8) is 0 Å². The van der Waals surface area contributed by atoms with E-state index in [0.29, 0.717) is 17.0 Å². The standard InChI is InChI=1S/C25H26Cl2N6O/c1-16-9-20-19(13-32(16)12-17-5-3-2-4-6-17)21(7-8-28-20)34-18-10-25(11-18)14-33(15-25)23-22(26)30-31-24(27)29-23/h2-8,16,18H,9-15H2,1H3. The van der Waals surface area contributed by atoms with Crippen molar-refractivity contribution in [1.82, 2.24) is 25.1 Å². The second-order valence-electron chi connectivity index (χ2n) is 9.88. The van der Waals surface area contributed by atoms with Crippen LogP contribution in [0.2, 0.25) is 10.4 Å². The van der Waals surface area contributed by atoms with Crippen molar-refractivity contribution in [2.45, 2.75) is 51.4 Å². The second-order valence-corrected chi connectivity index (χ2v) is 10.6. The molecule has 0 bridgehead atoms. The van der Waals surface area contributed by atoms with E-state index in [1.165, 1.54) is 16.8 Å². The van der Waals surface area contributed by atoms with Crippen LogP contribution < -0.4 is 9.64 Å². The number of ether oxygens (including phenoxy) is 1. The van der Waals surface area contributed by atoms with E-state index >= 15 is 0 Å². The molecule has 9 heteroatoms. The van der Waals surface area contributed by atoms with Crippen molar-refractivity contribution in [2.75, 3.05) is 18.0 Å². The van der Waals surface area contributed by atoms with E-state index in [0.717, 1.165) is 51.2 Å². The molecule has 1 saturated carbocycles. The molecule has 2 fully saturated rings. The normalized spacial score (nSPS) is 21.6. The van der Waals surface area contributed by atoms with Gasteiger partial charge in [0, 0.05) is 55.8 Å². The minimum atomic E-state index is 0.119. The third-order valence-corrected chi connectivity index (χ3v) is 7.78. The zero-order valence-electron chi connectivity index (χ0n) is 19.0. The molecule has 3 aliphatic rings. The van der Waals surface area contributed by atoms with Crippen LogP contribution in [0.5, 0.6) is 5.75 Å². The molecule has 2 aliphatic heterocycles. The number of hydrogen-bond donors (Lipinski definition) is 0. The van der Waals surface area contributed by atoms with Gasteiger partial charge < -0.3 is 9.64 Å². The molecule has 7 nitrogen and oxygen atoms in total. The smallest absolute Gasteiger partial charge is 0.245 e. The summed E-state index contributed by atoms with van der Waals surface area (Å²) in [4.78, 5) is 13.6. The van der Waals surface area contributed by atoms with E-state index in [9.17, 15) is 0 Å². The minimum Gasteiger partial charge on any atom is -0.490 e. The van der Waals surface area contributed by atoms with Gasteiger partial charge in [0.05, 0.1) is 5.69 Å².